The van der Waals surface area contributed by atoms with Gasteiger partial charge in [0.2, 0.25) is 5.91 Å². The Labute approximate surface area is 170 Å². The molecular formula is C20H30N6OS. The molecule has 2 aliphatic rings. The van der Waals surface area contributed by atoms with Gasteiger partial charge in [-0.2, -0.15) is 0 Å². The summed E-state index contributed by atoms with van der Waals surface area (Å²) < 4.78 is 2.33. The van der Waals surface area contributed by atoms with Gasteiger partial charge in [0.15, 0.2) is 0 Å². The van der Waals surface area contributed by atoms with Crippen LogP contribution in [0.2, 0.25) is 0 Å². The Morgan fingerprint density at radius 2 is 2.04 bits per heavy atom. The standard InChI is InChI=1S/C20H30N6OS/c1-16(20(27)21-14-17-6-5-13-28-17)25-11-9-24(10-12-25)15-19-23-22-18-7-3-2-4-8-26(18)19/h5-6,13,16H,2-4,7-12,14-15H2,1H3,(H,21,27). The van der Waals surface area contributed by atoms with E-state index in [9.17, 15) is 4.79 Å². The van der Waals surface area contributed by atoms with E-state index in [4.69, 9.17) is 0 Å². The third-order valence-electron chi connectivity index (χ3n) is 5.90. The van der Waals surface area contributed by atoms with Crippen molar-refractivity contribution in [2.45, 2.75) is 58.3 Å². The molecule has 2 aromatic heterocycles. The van der Waals surface area contributed by atoms with Crippen LogP contribution in [0, 0.1) is 0 Å². The van der Waals surface area contributed by atoms with Gasteiger partial charge in [0.05, 0.1) is 19.1 Å². The van der Waals surface area contributed by atoms with Crippen LogP contribution in [-0.4, -0.2) is 62.7 Å². The predicted molar refractivity (Wildman–Crippen MR) is 110 cm³/mol. The number of aryl methyl sites for hydroxylation is 1. The minimum atomic E-state index is -0.0912. The number of aromatic nitrogens is 3. The highest BCUT2D eigenvalue weighted by molar-refractivity contribution is 7.09. The van der Waals surface area contributed by atoms with Crippen LogP contribution in [0.1, 0.15) is 42.7 Å². The maximum absolute atomic E-state index is 12.5. The first-order valence-corrected chi connectivity index (χ1v) is 11.3. The van der Waals surface area contributed by atoms with E-state index < -0.39 is 0 Å². The summed E-state index contributed by atoms with van der Waals surface area (Å²) in [6.45, 7) is 8.30. The number of thiophene rings is 1. The molecule has 0 saturated carbocycles. The zero-order valence-corrected chi connectivity index (χ0v) is 17.5. The van der Waals surface area contributed by atoms with Crippen molar-refractivity contribution in [1.82, 2.24) is 29.9 Å². The Hall–Kier alpha value is -1.77. The van der Waals surface area contributed by atoms with Crippen LogP contribution in [0.5, 0.6) is 0 Å². The Kier molecular flexibility index (Phi) is 6.39. The quantitative estimate of drug-likeness (QED) is 0.799. The van der Waals surface area contributed by atoms with Gasteiger partial charge in [0.1, 0.15) is 11.6 Å². The van der Waals surface area contributed by atoms with E-state index in [-0.39, 0.29) is 11.9 Å². The Morgan fingerprint density at radius 1 is 1.18 bits per heavy atom. The van der Waals surface area contributed by atoms with Gasteiger partial charge < -0.3 is 9.88 Å². The summed E-state index contributed by atoms with van der Waals surface area (Å²) >= 11 is 1.68. The van der Waals surface area contributed by atoms with Gasteiger partial charge >= 0.3 is 0 Å². The molecule has 1 unspecified atom stereocenters. The lowest BCUT2D eigenvalue weighted by Crippen LogP contribution is -2.53. The molecule has 0 radical (unpaired) electrons. The zero-order chi connectivity index (χ0) is 19.3. The van der Waals surface area contributed by atoms with Crippen LogP contribution in [-0.2, 0) is 30.8 Å². The molecular weight excluding hydrogens is 372 g/mol. The summed E-state index contributed by atoms with van der Waals surface area (Å²) in [5.74, 6) is 2.37. The Balaban J connectivity index is 1.25. The van der Waals surface area contributed by atoms with Crippen LogP contribution < -0.4 is 5.32 Å². The molecule has 28 heavy (non-hydrogen) atoms. The number of hydrogen-bond acceptors (Lipinski definition) is 6. The first kappa shape index (κ1) is 19.5. The van der Waals surface area contributed by atoms with Crippen molar-refractivity contribution in [3.8, 4) is 0 Å². The lowest BCUT2D eigenvalue weighted by atomic mass is 10.2. The lowest BCUT2D eigenvalue weighted by Gasteiger charge is -2.37. The molecule has 0 spiro atoms. The molecule has 2 aromatic rings. The van der Waals surface area contributed by atoms with Gasteiger partial charge in [-0.25, -0.2) is 0 Å². The number of carbonyl (C=O) groups is 1. The van der Waals surface area contributed by atoms with Crippen molar-refractivity contribution < 1.29 is 4.79 Å². The fourth-order valence-corrected chi connectivity index (χ4v) is 4.72. The topological polar surface area (TPSA) is 66.3 Å². The van der Waals surface area contributed by atoms with Gasteiger partial charge in [-0.15, -0.1) is 21.5 Å². The number of hydrogen-bond donors (Lipinski definition) is 1. The second-order valence-electron chi connectivity index (χ2n) is 7.78. The van der Waals surface area contributed by atoms with E-state index in [1.165, 1.54) is 24.1 Å². The molecule has 1 N–H and O–H groups in total. The minimum absolute atomic E-state index is 0.0912. The van der Waals surface area contributed by atoms with Crippen molar-refractivity contribution >= 4 is 17.2 Å². The molecule has 0 bridgehead atoms. The van der Waals surface area contributed by atoms with Gasteiger partial charge in [-0.1, -0.05) is 12.5 Å². The van der Waals surface area contributed by atoms with E-state index >= 15 is 0 Å². The van der Waals surface area contributed by atoms with Crippen LogP contribution in [0.4, 0.5) is 0 Å². The summed E-state index contributed by atoms with van der Waals surface area (Å²) in [4.78, 5) is 18.4. The number of nitrogens with zero attached hydrogens (tertiary/aromatic N) is 5. The van der Waals surface area contributed by atoms with Gasteiger partial charge in [-0.3, -0.25) is 14.6 Å². The number of nitrogens with one attached hydrogen (secondary N) is 1. The average molecular weight is 403 g/mol. The third kappa shape index (κ3) is 4.61. The average Bonchev–Trinajstić information content (AvgIpc) is 3.31. The van der Waals surface area contributed by atoms with E-state index in [1.807, 2.05) is 18.4 Å². The van der Waals surface area contributed by atoms with Crippen LogP contribution in [0.25, 0.3) is 0 Å². The molecule has 1 amide bonds. The molecule has 152 valence electrons. The molecule has 1 saturated heterocycles. The van der Waals surface area contributed by atoms with Crippen molar-refractivity contribution in [1.29, 1.82) is 0 Å². The van der Waals surface area contributed by atoms with Crippen LogP contribution >= 0.6 is 11.3 Å². The van der Waals surface area contributed by atoms with Crippen LogP contribution in [0.15, 0.2) is 17.5 Å². The van der Waals surface area contributed by atoms with E-state index in [0.29, 0.717) is 6.54 Å². The molecule has 7 nitrogen and oxygen atoms in total. The number of amides is 1. The maximum atomic E-state index is 12.5. The molecule has 4 heterocycles. The van der Waals surface area contributed by atoms with Crippen molar-refractivity contribution in [2.24, 2.45) is 0 Å². The monoisotopic (exact) mass is 402 g/mol. The summed E-state index contributed by atoms with van der Waals surface area (Å²) in [7, 11) is 0. The largest absolute Gasteiger partial charge is 0.350 e. The molecule has 8 heteroatoms. The lowest BCUT2D eigenvalue weighted by molar-refractivity contribution is -0.126. The third-order valence-corrected chi connectivity index (χ3v) is 6.78. The zero-order valence-electron chi connectivity index (χ0n) is 16.6. The van der Waals surface area contributed by atoms with E-state index in [0.717, 1.165) is 57.3 Å². The van der Waals surface area contributed by atoms with Gasteiger partial charge in [0.25, 0.3) is 0 Å². The second kappa shape index (κ2) is 9.15. The summed E-state index contributed by atoms with van der Waals surface area (Å²) in [5.41, 5.74) is 0. The first-order valence-electron chi connectivity index (χ1n) is 10.4. The van der Waals surface area contributed by atoms with Gasteiger partial charge in [-0.05, 0) is 31.2 Å². The second-order valence-corrected chi connectivity index (χ2v) is 8.81. The Morgan fingerprint density at radius 3 is 2.82 bits per heavy atom. The molecule has 0 aliphatic carbocycles. The predicted octanol–water partition coefficient (Wildman–Crippen LogP) is 1.89. The maximum Gasteiger partial charge on any atom is 0.237 e. The highest BCUT2D eigenvalue weighted by Crippen LogP contribution is 2.17. The van der Waals surface area contributed by atoms with Crippen molar-refractivity contribution in [3.63, 3.8) is 0 Å². The minimum Gasteiger partial charge on any atom is -0.350 e. The van der Waals surface area contributed by atoms with E-state index in [1.54, 1.807) is 11.3 Å². The highest BCUT2D eigenvalue weighted by Gasteiger charge is 2.26. The molecule has 1 atom stereocenters. The van der Waals surface area contributed by atoms with E-state index in [2.05, 4.69) is 35.9 Å². The number of rotatable bonds is 6. The summed E-state index contributed by atoms with van der Waals surface area (Å²) in [5, 5.41) is 14.0. The fraction of sp³-hybridized carbons (Fsp3) is 0.650. The number of piperazine rings is 1. The molecule has 2 aliphatic heterocycles. The summed E-state index contributed by atoms with van der Waals surface area (Å²) in [6.07, 6.45) is 4.79. The molecule has 0 aromatic carbocycles. The van der Waals surface area contributed by atoms with Crippen molar-refractivity contribution in [2.75, 3.05) is 26.2 Å². The summed E-state index contributed by atoms with van der Waals surface area (Å²) in [6, 6.07) is 3.98. The fourth-order valence-electron chi connectivity index (χ4n) is 4.07. The first-order chi connectivity index (χ1) is 13.7. The number of fused-ring (bicyclic) bond motifs is 1. The molecule has 4 rings (SSSR count). The smallest absolute Gasteiger partial charge is 0.237 e. The normalized spacial score (nSPS) is 19.8. The Bertz CT molecular complexity index is 766. The van der Waals surface area contributed by atoms with Gasteiger partial charge in [0, 0.05) is 44.0 Å². The highest BCUT2D eigenvalue weighted by atomic mass is 32.1. The number of carbonyl (C=O) groups excluding carboxylic acids is 1. The SMILES string of the molecule is CC(C(=O)NCc1cccs1)N1CCN(Cc2nnc3n2CCCCC3)CC1. The van der Waals surface area contributed by atoms with Crippen molar-refractivity contribution in [3.05, 3.63) is 34.0 Å². The molecule has 1 fully saturated rings. The van der Waals surface area contributed by atoms with Crippen LogP contribution in [0.3, 0.4) is 0 Å².